The molecule has 0 aliphatic rings. The number of aryl methyl sites for hydroxylation is 1. The third-order valence-electron chi connectivity index (χ3n) is 5.81. The summed E-state index contributed by atoms with van der Waals surface area (Å²) < 4.78 is 32.7. The van der Waals surface area contributed by atoms with Gasteiger partial charge < -0.3 is 4.90 Å². The second-order valence-corrected chi connectivity index (χ2v) is 9.92. The minimum Gasteiger partial charge on any atom is -0.372 e. The molecule has 1 aromatic heterocycles. The summed E-state index contributed by atoms with van der Waals surface area (Å²) in [7, 11) is -3.87. The molecule has 0 bridgehead atoms. The molecule has 3 aromatic rings. The normalized spacial score (nSPS) is 12.0. The summed E-state index contributed by atoms with van der Waals surface area (Å²) in [6.07, 6.45) is 10.2. The van der Waals surface area contributed by atoms with E-state index in [0.29, 0.717) is 12.8 Å². The van der Waals surface area contributed by atoms with Gasteiger partial charge in [-0.15, -0.1) is 0 Å². The molecule has 0 amide bonds. The molecule has 5 nitrogen and oxygen atoms in total. The lowest BCUT2D eigenvalue weighted by atomic mass is 10.0. The molecule has 31 heavy (non-hydrogen) atoms. The molecule has 0 saturated carbocycles. The number of hydrogen-bond acceptors (Lipinski definition) is 3. The van der Waals surface area contributed by atoms with Crippen molar-refractivity contribution in [2.24, 2.45) is 0 Å². The third-order valence-corrected chi connectivity index (χ3v) is 6.62. The van der Waals surface area contributed by atoms with Crippen LogP contribution in [-0.2, 0) is 16.7 Å². The first-order chi connectivity index (χ1) is 14.9. The molecule has 0 radical (unpaired) electrons. The Morgan fingerprint density at radius 3 is 2.23 bits per heavy atom. The highest BCUT2D eigenvalue weighted by atomic mass is 32.2. The molecule has 1 heterocycles. The van der Waals surface area contributed by atoms with Gasteiger partial charge in [0, 0.05) is 42.0 Å². The van der Waals surface area contributed by atoms with Crippen LogP contribution in [0.2, 0.25) is 0 Å². The maximum Gasteiger partial charge on any atom is 0.264 e. The first kappa shape index (κ1) is 23.5. The topological polar surface area (TPSA) is 61.5 Å². The largest absolute Gasteiger partial charge is 0.372 e. The van der Waals surface area contributed by atoms with Crippen LogP contribution in [0.3, 0.4) is 0 Å². The molecular weight excluding hydrogens is 408 g/mol. The van der Waals surface area contributed by atoms with Gasteiger partial charge in [-0.25, -0.2) is 4.57 Å². The van der Waals surface area contributed by atoms with Crippen molar-refractivity contribution in [3.05, 3.63) is 48.8 Å². The Labute approximate surface area is 186 Å². The van der Waals surface area contributed by atoms with E-state index in [1.807, 2.05) is 0 Å². The van der Waals surface area contributed by atoms with Gasteiger partial charge >= 0.3 is 0 Å². The Bertz CT molecular complexity index is 1100. The molecule has 0 fully saturated rings. The smallest absolute Gasteiger partial charge is 0.264 e. The van der Waals surface area contributed by atoms with E-state index in [1.54, 1.807) is 0 Å². The first-order valence-electron chi connectivity index (χ1n) is 11.5. The van der Waals surface area contributed by atoms with Crippen LogP contribution in [0.4, 0.5) is 5.69 Å². The molecule has 6 heteroatoms. The Balaban J connectivity index is 1.80. The van der Waals surface area contributed by atoms with Gasteiger partial charge in [-0.05, 0) is 48.2 Å². The number of fused-ring (bicyclic) bond motifs is 3. The average molecular weight is 444 g/mol. The second kappa shape index (κ2) is 10.9. The van der Waals surface area contributed by atoms with Crippen LogP contribution in [0.25, 0.3) is 21.5 Å². The van der Waals surface area contributed by atoms with Gasteiger partial charge in [-0.1, -0.05) is 38.8 Å². The summed E-state index contributed by atoms with van der Waals surface area (Å²) in [6.45, 7) is 7.42. The summed E-state index contributed by atoms with van der Waals surface area (Å²) in [6, 6.07) is 13.3. The third kappa shape index (κ3) is 6.65. The maximum absolute atomic E-state index is 10.9. The maximum atomic E-state index is 10.9. The number of aromatic nitrogens is 1. The quantitative estimate of drug-likeness (QED) is 0.177. The number of unbranched alkanes of at least 4 members (excludes halogenated alkanes) is 3. The Kier molecular flexibility index (Phi) is 8.27. The predicted octanol–water partition coefficient (Wildman–Crippen LogP) is 5.36. The second-order valence-electron chi connectivity index (χ2n) is 8.34. The molecular formula is C25H35N2O3S+. The van der Waals surface area contributed by atoms with E-state index in [0.717, 1.165) is 19.6 Å². The molecule has 0 unspecified atom stereocenters. The molecule has 0 spiro atoms. The summed E-state index contributed by atoms with van der Waals surface area (Å²) in [5, 5.41) is 4.91. The standard InChI is InChI=1S/C25H34N2O3S/c1-3-5-15-27(16-6-4-2)23-11-12-24-21(19-23)9-10-22-20-26(17-13-25(22)24)14-7-8-18-31(28,29)30/h9-13,17,19-20H,3-8,14-16,18H2,1-2H3/p+1. The van der Waals surface area contributed by atoms with Crippen molar-refractivity contribution in [1.82, 2.24) is 0 Å². The minimum atomic E-state index is -3.87. The van der Waals surface area contributed by atoms with Crippen molar-refractivity contribution in [2.75, 3.05) is 23.7 Å². The summed E-state index contributed by atoms with van der Waals surface area (Å²) in [4.78, 5) is 2.52. The Morgan fingerprint density at radius 1 is 0.871 bits per heavy atom. The number of pyridine rings is 1. The predicted molar refractivity (Wildman–Crippen MR) is 129 cm³/mol. The first-order valence-corrected chi connectivity index (χ1v) is 13.1. The van der Waals surface area contributed by atoms with Crippen molar-refractivity contribution in [1.29, 1.82) is 0 Å². The fourth-order valence-electron chi connectivity index (χ4n) is 4.03. The van der Waals surface area contributed by atoms with Crippen LogP contribution < -0.4 is 9.47 Å². The fraction of sp³-hybridized carbons (Fsp3) is 0.480. The van der Waals surface area contributed by atoms with E-state index < -0.39 is 10.1 Å². The van der Waals surface area contributed by atoms with Crippen LogP contribution >= 0.6 is 0 Å². The van der Waals surface area contributed by atoms with Crippen LogP contribution in [-0.4, -0.2) is 31.8 Å². The van der Waals surface area contributed by atoms with Crippen molar-refractivity contribution >= 4 is 37.4 Å². The van der Waals surface area contributed by atoms with E-state index in [2.05, 4.69) is 72.1 Å². The summed E-state index contributed by atoms with van der Waals surface area (Å²) in [5.74, 6) is -0.179. The number of rotatable bonds is 12. The summed E-state index contributed by atoms with van der Waals surface area (Å²) in [5.41, 5.74) is 1.30. The SMILES string of the molecule is CCCCN(CCCC)c1ccc2c(ccc3c[n+](CCCCS(=O)(=O)O)ccc32)c1. The summed E-state index contributed by atoms with van der Waals surface area (Å²) >= 11 is 0. The van der Waals surface area contributed by atoms with Crippen LogP contribution in [0, 0.1) is 0 Å². The number of benzene rings is 2. The molecule has 1 N–H and O–H groups in total. The fourth-order valence-corrected chi connectivity index (χ4v) is 4.60. The zero-order valence-electron chi connectivity index (χ0n) is 18.8. The van der Waals surface area contributed by atoms with Crippen LogP contribution in [0.1, 0.15) is 52.4 Å². The zero-order chi connectivity index (χ0) is 22.3. The van der Waals surface area contributed by atoms with Gasteiger partial charge in [-0.2, -0.15) is 8.42 Å². The molecule has 0 aliphatic heterocycles. The van der Waals surface area contributed by atoms with Gasteiger partial charge in [-0.3, -0.25) is 4.55 Å². The van der Waals surface area contributed by atoms with Gasteiger partial charge in [0.2, 0.25) is 0 Å². The highest BCUT2D eigenvalue weighted by molar-refractivity contribution is 7.85. The van der Waals surface area contributed by atoms with Gasteiger partial charge in [0.1, 0.15) is 6.54 Å². The lowest BCUT2D eigenvalue weighted by Crippen LogP contribution is -2.32. The number of anilines is 1. The number of hydrogen-bond donors (Lipinski definition) is 1. The van der Waals surface area contributed by atoms with Crippen molar-refractivity contribution < 1.29 is 17.5 Å². The van der Waals surface area contributed by atoms with Gasteiger partial charge in [0.25, 0.3) is 10.1 Å². The van der Waals surface area contributed by atoms with Crippen molar-refractivity contribution in [3.8, 4) is 0 Å². The molecule has 2 aromatic carbocycles. The lowest BCUT2D eigenvalue weighted by Gasteiger charge is -2.25. The molecule has 3 rings (SSSR count). The van der Waals surface area contributed by atoms with E-state index in [9.17, 15) is 8.42 Å². The van der Waals surface area contributed by atoms with Crippen LogP contribution in [0.5, 0.6) is 0 Å². The van der Waals surface area contributed by atoms with Crippen molar-refractivity contribution in [2.45, 2.75) is 58.9 Å². The van der Waals surface area contributed by atoms with Crippen LogP contribution in [0.15, 0.2) is 48.8 Å². The van der Waals surface area contributed by atoms with E-state index >= 15 is 0 Å². The average Bonchev–Trinajstić information content (AvgIpc) is 2.75. The Hall–Kier alpha value is -2.18. The van der Waals surface area contributed by atoms with E-state index in [4.69, 9.17) is 4.55 Å². The monoisotopic (exact) mass is 443 g/mol. The van der Waals surface area contributed by atoms with E-state index in [-0.39, 0.29) is 5.75 Å². The highest BCUT2D eigenvalue weighted by Crippen LogP contribution is 2.28. The molecule has 0 saturated heterocycles. The van der Waals surface area contributed by atoms with E-state index in [1.165, 1.54) is 52.9 Å². The minimum absolute atomic E-state index is 0.179. The lowest BCUT2D eigenvalue weighted by molar-refractivity contribution is -0.696. The van der Waals surface area contributed by atoms with Crippen molar-refractivity contribution in [3.63, 3.8) is 0 Å². The van der Waals surface area contributed by atoms with Gasteiger partial charge in [0.15, 0.2) is 12.4 Å². The molecule has 168 valence electrons. The number of nitrogens with zero attached hydrogens (tertiary/aromatic N) is 2. The Morgan fingerprint density at radius 2 is 1.55 bits per heavy atom. The zero-order valence-corrected chi connectivity index (χ0v) is 19.6. The van der Waals surface area contributed by atoms with Gasteiger partial charge in [0.05, 0.1) is 5.75 Å². The molecule has 0 aliphatic carbocycles. The molecule has 0 atom stereocenters. The highest BCUT2D eigenvalue weighted by Gasteiger charge is 2.11.